The van der Waals surface area contributed by atoms with Crippen LogP contribution in [-0.2, 0) is 6.54 Å². The van der Waals surface area contributed by atoms with Crippen molar-refractivity contribution in [3.05, 3.63) is 59.2 Å². The Bertz CT molecular complexity index is 819. The number of rotatable bonds is 4. The van der Waals surface area contributed by atoms with Crippen molar-refractivity contribution in [2.45, 2.75) is 57.2 Å². The van der Waals surface area contributed by atoms with Gasteiger partial charge in [-0.15, -0.1) is 0 Å². The average Bonchev–Trinajstić information content (AvgIpc) is 2.70. The number of fused-ring (bicyclic) bond motifs is 1. The number of ether oxygens (including phenoxy) is 1. The van der Waals surface area contributed by atoms with E-state index >= 15 is 0 Å². The second kappa shape index (κ2) is 7.76. The van der Waals surface area contributed by atoms with Gasteiger partial charge in [0.2, 0.25) is 0 Å². The Kier molecular flexibility index (Phi) is 5.35. The van der Waals surface area contributed by atoms with E-state index in [0.717, 1.165) is 50.8 Å². The van der Waals surface area contributed by atoms with Gasteiger partial charge >= 0.3 is 0 Å². The number of hydrogen-bond acceptors (Lipinski definition) is 4. The van der Waals surface area contributed by atoms with Gasteiger partial charge in [0, 0.05) is 25.0 Å². The van der Waals surface area contributed by atoms with Gasteiger partial charge < -0.3 is 14.9 Å². The Morgan fingerprint density at radius 3 is 2.64 bits per heavy atom. The zero-order valence-electron chi connectivity index (χ0n) is 16.9. The smallest absolute Gasteiger partial charge is 0.160 e. The van der Waals surface area contributed by atoms with E-state index in [9.17, 15) is 10.2 Å². The van der Waals surface area contributed by atoms with E-state index in [2.05, 4.69) is 36.1 Å². The molecule has 2 aromatic carbocycles. The molecule has 2 aliphatic rings. The van der Waals surface area contributed by atoms with Crippen molar-refractivity contribution in [2.75, 3.05) is 13.7 Å². The molecule has 4 nitrogen and oxygen atoms in total. The van der Waals surface area contributed by atoms with Gasteiger partial charge in [-0.1, -0.05) is 48.7 Å². The van der Waals surface area contributed by atoms with Crippen molar-refractivity contribution in [1.29, 1.82) is 0 Å². The highest BCUT2D eigenvalue weighted by atomic mass is 16.5. The molecular formula is C24H31NO3. The Labute approximate surface area is 167 Å². The van der Waals surface area contributed by atoms with Gasteiger partial charge in [-0.3, -0.25) is 4.90 Å². The number of nitrogens with zero attached hydrogens (tertiary/aromatic N) is 1. The molecule has 1 heterocycles. The van der Waals surface area contributed by atoms with Crippen LogP contribution in [0.5, 0.6) is 11.5 Å². The third-order valence-electron chi connectivity index (χ3n) is 6.72. The Morgan fingerprint density at radius 1 is 1.11 bits per heavy atom. The molecule has 0 amide bonds. The fourth-order valence-corrected chi connectivity index (χ4v) is 5.17. The molecule has 28 heavy (non-hydrogen) atoms. The van der Waals surface area contributed by atoms with Crippen LogP contribution in [0.4, 0.5) is 0 Å². The molecular weight excluding hydrogens is 350 g/mol. The number of benzene rings is 2. The molecule has 1 saturated heterocycles. The van der Waals surface area contributed by atoms with Crippen LogP contribution >= 0.6 is 0 Å². The van der Waals surface area contributed by atoms with Gasteiger partial charge in [-0.05, 0) is 49.4 Å². The van der Waals surface area contributed by atoms with E-state index in [1.165, 1.54) is 11.1 Å². The van der Waals surface area contributed by atoms with Crippen LogP contribution in [0.25, 0.3) is 0 Å². The van der Waals surface area contributed by atoms with Crippen LogP contribution < -0.4 is 4.74 Å². The van der Waals surface area contributed by atoms with Gasteiger partial charge in [0.15, 0.2) is 11.5 Å². The first-order chi connectivity index (χ1) is 13.5. The maximum atomic E-state index is 11.4. The molecule has 150 valence electrons. The van der Waals surface area contributed by atoms with Crippen LogP contribution in [0.1, 0.15) is 54.8 Å². The van der Waals surface area contributed by atoms with Gasteiger partial charge in [-0.2, -0.15) is 0 Å². The molecule has 3 atom stereocenters. The number of phenolic OH excluding ortho intramolecular Hbond substituents is 1. The summed E-state index contributed by atoms with van der Waals surface area (Å²) in [5.74, 6) is 0.860. The summed E-state index contributed by atoms with van der Waals surface area (Å²) in [6, 6.07) is 14.5. The first-order valence-corrected chi connectivity index (χ1v) is 10.4. The molecule has 1 saturated carbocycles. The molecule has 0 spiro atoms. The Morgan fingerprint density at radius 2 is 1.89 bits per heavy atom. The molecule has 1 aliphatic carbocycles. The molecule has 2 fully saturated rings. The van der Waals surface area contributed by atoms with E-state index in [1.54, 1.807) is 13.2 Å². The highest BCUT2D eigenvalue weighted by Gasteiger charge is 2.48. The maximum Gasteiger partial charge on any atom is 0.160 e. The first-order valence-electron chi connectivity index (χ1n) is 10.4. The molecule has 0 radical (unpaired) electrons. The zero-order valence-corrected chi connectivity index (χ0v) is 16.9. The average molecular weight is 382 g/mol. The van der Waals surface area contributed by atoms with Crippen LogP contribution in [0, 0.1) is 12.8 Å². The molecule has 1 aliphatic heterocycles. The van der Waals surface area contributed by atoms with Crippen molar-refractivity contribution in [2.24, 2.45) is 5.92 Å². The summed E-state index contributed by atoms with van der Waals surface area (Å²) in [7, 11) is 1.58. The minimum absolute atomic E-state index is 0.120. The van der Waals surface area contributed by atoms with Crippen molar-refractivity contribution >= 4 is 0 Å². The quantitative estimate of drug-likeness (QED) is 0.814. The molecule has 4 rings (SSSR count). The van der Waals surface area contributed by atoms with Crippen LogP contribution in [0.3, 0.4) is 0 Å². The van der Waals surface area contributed by atoms with E-state index in [4.69, 9.17) is 4.74 Å². The number of aryl methyl sites for hydroxylation is 1. The second-order valence-corrected chi connectivity index (χ2v) is 8.54. The predicted octanol–water partition coefficient (Wildman–Crippen LogP) is 4.58. The largest absolute Gasteiger partial charge is 0.504 e. The SMILES string of the molecule is COc1cc([C@H]2[C@@H]3CCCC[C@]3(O)CCN2Cc2ccc(C)cc2)ccc1O. The van der Waals surface area contributed by atoms with Crippen molar-refractivity contribution in [1.82, 2.24) is 4.90 Å². The van der Waals surface area contributed by atoms with E-state index < -0.39 is 5.60 Å². The number of aromatic hydroxyl groups is 1. The number of piperidine rings is 1. The summed E-state index contributed by atoms with van der Waals surface area (Å²) in [5.41, 5.74) is 3.09. The number of hydrogen-bond donors (Lipinski definition) is 2. The fraction of sp³-hybridized carbons (Fsp3) is 0.500. The highest BCUT2D eigenvalue weighted by molar-refractivity contribution is 5.43. The summed E-state index contributed by atoms with van der Waals surface area (Å²) in [4.78, 5) is 2.50. The summed E-state index contributed by atoms with van der Waals surface area (Å²) >= 11 is 0. The third-order valence-corrected chi connectivity index (χ3v) is 6.72. The van der Waals surface area contributed by atoms with E-state index in [0.29, 0.717) is 5.75 Å². The lowest BCUT2D eigenvalue weighted by atomic mass is 9.66. The fourth-order valence-electron chi connectivity index (χ4n) is 5.17. The normalized spacial score (nSPS) is 28.0. The van der Waals surface area contributed by atoms with Crippen molar-refractivity contribution < 1.29 is 14.9 Å². The molecule has 0 bridgehead atoms. The van der Waals surface area contributed by atoms with Gasteiger partial charge in [-0.25, -0.2) is 0 Å². The lowest BCUT2D eigenvalue weighted by molar-refractivity contribution is -0.126. The van der Waals surface area contributed by atoms with Gasteiger partial charge in [0.05, 0.1) is 12.7 Å². The topological polar surface area (TPSA) is 52.9 Å². The summed E-state index contributed by atoms with van der Waals surface area (Å²) in [6.45, 7) is 3.84. The predicted molar refractivity (Wildman–Crippen MR) is 111 cm³/mol. The molecule has 0 unspecified atom stereocenters. The first kappa shape index (κ1) is 19.3. The lowest BCUT2D eigenvalue weighted by Gasteiger charge is -2.53. The molecule has 0 aromatic heterocycles. The van der Waals surface area contributed by atoms with Crippen LogP contribution in [0.2, 0.25) is 0 Å². The van der Waals surface area contributed by atoms with Crippen LogP contribution in [-0.4, -0.2) is 34.4 Å². The monoisotopic (exact) mass is 381 g/mol. The van der Waals surface area contributed by atoms with Crippen molar-refractivity contribution in [3.8, 4) is 11.5 Å². The van der Waals surface area contributed by atoms with Crippen molar-refractivity contribution in [3.63, 3.8) is 0 Å². The second-order valence-electron chi connectivity index (χ2n) is 8.54. The van der Waals surface area contributed by atoms with Gasteiger partial charge in [0.1, 0.15) is 0 Å². The lowest BCUT2D eigenvalue weighted by Crippen LogP contribution is -2.54. The number of aliphatic hydroxyl groups is 1. The van der Waals surface area contributed by atoms with Gasteiger partial charge in [0.25, 0.3) is 0 Å². The summed E-state index contributed by atoms with van der Waals surface area (Å²) in [5, 5.41) is 21.5. The Balaban J connectivity index is 1.70. The molecule has 2 aromatic rings. The molecule has 2 N–H and O–H groups in total. The minimum atomic E-state index is -0.586. The third kappa shape index (κ3) is 3.63. The highest BCUT2D eigenvalue weighted by Crippen LogP contribution is 2.50. The number of phenols is 1. The summed E-state index contributed by atoms with van der Waals surface area (Å²) < 4.78 is 5.37. The number of likely N-dealkylation sites (tertiary alicyclic amines) is 1. The Hall–Kier alpha value is -2.04. The minimum Gasteiger partial charge on any atom is -0.504 e. The summed E-state index contributed by atoms with van der Waals surface area (Å²) in [6.07, 6.45) is 5.03. The number of methoxy groups -OCH3 is 1. The standard InChI is InChI=1S/C24H31NO3/c1-17-6-8-18(9-7-17)16-25-14-13-24(27)12-4-3-5-20(24)23(25)19-10-11-21(26)22(15-19)28-2/h6-11,15,20,23,26-27H,3-5,12-14,16H2,1-2H3/t20-,23-,24-/m0/s1. The maximum absolute atomic E-state index is 11.4. The van der Waals surface area contributed by atoms with E-state index in [-0.39, 0.29) is 17.7 Å². The van der Waals surface area contributed by atoms with E-state index in [1.807, 2.05) is 12.1 Å². The van der Waals surface area contributed by atoms with Crippen LogP contribution in [0.15, 0.2) is 42.5 Å². The molecule has 4 heteroatoms. The zero-order chi connectivity index (χ0) is 19.7.